The van der Waals surface area contributed by atoms with Gasteiger partial charge in [0.15, 0.2) is 9.84 Å². The third-order valence-electron chi connectivity index (χ3n) is 2.69. The van der Waals surface area contributed by atoms with E-state index >= 15 is 0 Å². The third-order valence-corrected chi connectivity index (χ3v) is 3.82. The Kier molecular flexibility index (Phi) is 4.03. The van der Waals surface area contributed by atoms with Crippen LogP contribution in [0.3, 0.4) is 0 Å². The average molecular weight is 301 g/mol. The van der Waals surface area contributed by atoms with Crippen molar-refractivity contribution in [2.45, 2.75) is 18.0 Å². The molecule has 0 aliphatic heterocycles. The second-order valence-electron chi connectivity index (χ2n) is 4.18. The van der Waals surface area contributed by atoms with Gasteiger partial charge in [0.05, 0.1) is 11.4 Å². The van der Waals surface area contributed by atoms with E-state index in [1.54, 1.807) is 12.1 Å². The molecule has 5 nitrogen and oxygen atoms in total. The lowest BCUT2D eigenvalue weighted by Crippen LogP contribution is -2.09. The number of alkyl halides is 2. The lowest BCUT2D eigenvalue weighted by Gasteiger charge is -2.09. The molecule has 0 spiro atoms. The molecule has 1 aromatic carbocycles. The van der Waals surface area contributed by atoms with Gasteiger partial charge >= 0.3 is 6.55 Å². The van der Waals surface area contributed by atoms with Crippen molar-refractivity contribution in [2.75, 3.05) is 11.6 Å². The smallest absolute Gasteiger partial charge is 0.319 e. The Hall–Kier alpha value is -1.96. The van der Waals surface area contributed by atoms with E-state index in [1.165, 1.54) is 24.5 Å². The molecule has 1 aromatic heterocycles. The molecule has 1 N–H and O–H groups in total. The summed E-state index contributed by atoms with van der Waals surface area (Å²) in [5.74, 6) is 0.201. The highest BCUT2D eigenvalue weighted by Gasteiger charge is 2.11. The first-order valence-electron chi connectivity index (χ1n) is 5.72. The van der Waals surface area contributed by atoms with E-state index in [1.807, 2.05) is 0 Å². The van der Waals surface area contributed by atoms with E-state index < -0.39 is 16.4 Å². The van der Waals surface area contributed by atoms with Crippen LogP contribution in [0.2, 0.25) is 0 Å². The van der Waals surface area contributed by atoms with Crippen molar-refractivity contribution in [1.29, 1.82) is 0 Å². The van der Waals surface area contributed by atoms with Crippen LogP contribution in [0.4, 0.5) is 14.5 Å². The summed E-state index contributed by atoms with van der Waals surface area (Å²) in [7, 11) is -3.24. The lowest BCUT2D eigenvalue weighted by molar-refractivity contribution is 0.0673. The maximum atomic E-state index is 12.6. The Morgan fingerprint density at radius 1 is 1.30 bits per heavy atom. The van der Waals surface area contributed by atoms with Gasteiger partial charge in [0.1, 0.15) is 5.82 Å². The van der Waals surface area contributed by atoms with E-state index in [0.717, 1.165) is 10.8 Å². The number of hydrogen-bond acceptors (Lipinski definition) is 4. The van der Waals surface area contributed by atoms with E-state index in [4.69, 9.17) is 0 Å². The third kappa shape index (κ3) is 3.32. The van der Waals surface area contributed by atoms with Crippen molar-refractivity contribution >= 4 is 15.5 Å². The van der Waals surface area contributed by atoms with Gasteiger partial charge in [-0.2, -0.15) is 8.78 Å². The Labute approximate surface area is 115 Å². The Bertz CT molecular complexity index is 681. The van der Waals surface area contributed by atoms with Gasteiger partial charge in [-0.25, -0.2) is 13.4 Å². The number of hydrogen-bond donors (Lipinski definition) is 1. The normalized spacial score (nSPS) is 11.8. The fraction of sp³-hybridized carbons (Fsp3) is 0.250. The maximum absolute atomic E-state index is 12.6. The van der Waals surface area contributed by atoms with Crippen LogP contribution in [0.15, 0.2) is 41.6 Å². The zero-order valence-electron chi connectivity index (χ0n) is 10.6. The number of sulfone groups is 1. The minimum absolute atomic E-state index is 0.121. The van der Waals surface area contributed by atoms with Crippen molar-refractivity contribution in [1.82, 2.24) is 9.55 Å². The molecule has 8 heteroatoms. The summed E-state index contributed by atoms with van der Waals surface area (Å²) in [6.07, 6.45) is 3.62. The molecule has 2 aromatic rings. The number of rotatable bonds is 5. The number of aromatic nitrogens is 2. The minimum Gasteiger partial charge on any atom is -0.378 e. The maximum Gasteiger partial charge on any atom is 0.319 e. The van der Waals surface area contributed by atoms with Crippen LogP contribution in [0.5, 0.6) is 0 Å². The largest absolute Gasteiger partial charge is 0.378 e. The molecule has 2 rings (SSSR count). The molecule has 0 unspecified atom stereocenters. The van der Waals surface area contributed by atoms with Crippen molar-refractivity contribution in [3.63, 3.8) is 0 Å². The molecule has 0 aliphatic rings. The SMILES string of the molecule is CS(=O)(=O)c1ccc(NCc2nccn2C(F)F)cc1. The van der Waals surface area contributed by atoms with Gasteiger partial charge < -0.3 is 5.32 Å². The predicted octanol–water partition coefficient (Wildman–Crippen LogP) is 2.29. The van der Waals surface area contributed by atoms with Gasteiger partial charge in [-0.15, -0.1) is 0 Å². The minimum atomic E-state index is -3.24. The molecule has 0 saturated carbocycles. The van der Waals surface area contributed by atoms with Gasteiger partial charge in [0, 0.05) is 24.3 Å². The summed E-state index contributed by atoms with van der Waals surface area (Å²) < 4.78 is 48.5. The standard InChI is InChI=1S/C12H13F2N3O2S/c1-20(18,19)10-4-2-9(3-5-10)16-8-11-15-6-7-17(11)12(13)14/h2-7,12,16H,8H2,1H3. The van der Waals surface area contributed by atoms with E-state index in [9.17, 15) is 17.2 Å². The Balaban J connectivity index is 2.06. The van der Waals surface area contributed by atoms with Crippen molar-refractivity contribution in [2.24, 2.45) is 0 Å². The molecule has 0 saturated heterocycles. The molecule has 1 heterocycles. The van der Waals surface area contributed by atoms with Crippen molar-refractivity contribution in [3.05, 3.63) is 42.5 Å². The van der Waals surface area contributed by atoms with E-state index in [0.29, 0.717) is 5.69 Å². The zero-order valence-corrected chi connectivity index (χ0v) is 11.4. The predicted molar refractivity (Wildman–Crippen MR) is 70.4 cm³/mol. The van der Waals surface area contributed by atoms with Crippen LogP contribution in [0.1, 0.15) is 12.4 Å². The second kappa shape index (κ2) is 5.58. The summed E-state index contributed by atoms with van der Waals surface area (Å²) in [6.45, 7) is -2.52. The van der Waals surface area contributed by atoms with Crippen LogP contribution >= 0.6 is 0 Å². The molecule has 108 valence electrons. The van der Waals surface area contributed by atoms with Gasteiger partial charge in [0.2, 0.25) is 0 Å². The number of nitrogens with one attached hydrogen (secondary N) is 1. The number of halogens is 2. The van der Waals surface area contributed by atoms with Gasteiger partial charge in [0.25, 0.3) is 0 Å². The summed E-state index contributed by atoms with van der Waals surface area (Å²) in [6, 6.07) is 6.06. The highest BCUT2D eigenvalue weighted by Crippen LogP contribution is 2.16. The molecule has 0 fully saturated rings. The van der Waals surface area contributed by atoms with Crippen LogP contribution in [-0.4, -0.2) is 24.2 Å². The van der Waals surface area contributed by atoms with E-state index in [2.05, 4.69) is 10.3 Å². The quantitative estimate of drug-likeness (QED) is 0.920. The number of benzene rings is 1. The number of anilines is 1. The van der Waals surface area contributed by atoms with E-state index in [-0.39, 0.29) is 17.3 Å². The molecule has 0 atom stereocenters. The first-order chi connectivity index (χ1) is 9.38. The first kappa shape index (κ1) is 14.4. The van der Waals surface area contributed by atoms with Crippen LogP contribution in [0, 0.1) is 0 Å². The number of imidazole rings is 1. The van der Waals surface area contributed by atoms with Crippen LogP contribution in [-0.2, 0) is 16.4 Å². The lowest BCUT2D eigenvalue weighted by atomic mass is 10.3. The fourth-order valence-corrected chi connectivity index (χ4v) is 2.29. The Morgan fingerprint density at radius 2 is 1.95 bits per heavy atom. The second-order valence-corrected chi connectivity index (χ2v) is 6.19. The summed E-state index contributed by atoms with van der Waals surface area (Å²) in [5, 5.41) is 2.91. The highest BCUT2D eigenvalue weighted by atomic mass is 32.2. The van der Waals surface area contributed by atoms with Gasteiger partial charge in [-0.1, -0.05) is 0 Å². The molecule has 0 amide bonds. The molecule has 0 radical (unpaired) electrons. The highest BCUT2D eigenvalue weighted by molar-refractivity contribution is 7.90. The first-order valence-corrected chi connectivity index (χ1v) is 7.61. The Morgan fingerprint density at radius 3 is 2.50 bits per heavy atom. The van der Waals surface area contributed by atoms with Crippen LogP contribution < -0.4 is 5.32 Å². The van der Waals surface area contributed by atoms with Crippen molar-refractivity contribution < 1.29 is 17.2 Å². The topological polar surface area (TPSA) is 64.0 Å². The molecule has 20 heavy (non-hydrogen) atoms. The summed E-state index contributed by atoms with van der Waals surface area (Å²) in [5.41, 5.74) is 0.626. The zero-order chi connectivity index (χ0) is 14.8. The van der Waals surface area contributed by atoms with Crippen molar-refractivity contribution in [3.8, 4) is 0 Å². The molecular weight excluding hydrogens is 288 g/mol. The van der Waals surface area contributed by atoms with Gasteiger partial charge in [-0.3, -0.25) is 4.57 Å². The molecule has 0 bridgehead atoms. The average Bonchev–Trinajstić information content (AvgIpc) is 2.84. The summed E-state index contributed by atoms with van der Waals surface area (Å²) >= 11 is 0. The number of nitrogens with zero attached hydrogens (tertiary/aromatic N) is 2. The summed E-state index contributed by atoms with van der Waals surface area (Å²) in [4.78, 5) is 4.04. The fourth-order valence-electron chi connectivity index (χ4n) is 1.66. The monoisotopic (exact) mass is 301 g/mol. The van der Waals surface area contributed by atoms with Gasteiger partial charge in [-0.05, 0) is 24.3 Å². The molecule has 0 aliphatic carbocycles. The van der Waals surface area contributed by atoms with Crippen LogP contribution in [0.25, 0.3) is 0 Å². The molecular formula is C12H13F2N3O2S.